The van der Waals surface area contributed by atoms with E-state index in [9.17, 15) is 161 Å². The Labute approximate surface area is 614 Å². The summed E-state index contributed by atoms with van der Waals surface area (Å²) in [4.78, 5) is 117. The molecule has 10 unspecified atom stereocenters. The summed E-state index contributed by atoms with van der Waals surface area (Å²) in [7, 11) is 0. The first-order valence-corrected chi connectivity index (χ1v) is 31.2. The fourth-order valence-electron chi connectivity index (χ4n) is 12.6. The van der Waals surface area contributed by atoms with E-state index in [0.29, 0.717) is 36.4 Å². The lowest BCUT2D eigenvalue weighted by molar-refractivity contribution is -0.283. The predicted octanol–water partition coefficient (Wildman–Crippen LogP) is 1.89. The summed E-state index contributed by atoms with van der Waals surface area (Å²) < 4.78 is 61.8. The summed E-state index contributed by atoms with van der Waals surface area (Å²) >= 11 is 0. The number of hydrogen-bond acceptors (Lipinski definition) is 44. The number of ether oxygens (including phenoxy) is 11. The molecular weight excluding hydrogens is 1520 g/mol. The minimum absolute atomic E-state index is 0.171. The highest BCUT2D eigenvalue weighted by molar-refractivity contribution is 6.11. The van der Waals surface area contributed by atoms with Crippen molar-refractivity contribution in [1.29, 1.82) is 0 Å². The zero-order chi connectivity index (χ0) is 81.5. The van der Waals surface area contributed by atoms with Gasteiger partial charge in [-0.25, -0.2) is 33.6 Å². The Bertz CT molecular complexity index is 5510. The van der Waals surface area contributed by atoms with E-state index in [2.05, 4.69) is 0 Å². The summed E-state index contributed by atoms with van der Waals surface area (Å²) in [5.41, 5.74) is -15.7. The minimum atomic E-state index is -3.01. The number of carbonyl (C=O) groups excluding carboxylic acids is 8. The third-order valence-corrected chi connectivity index (χ3v) is 17.9. The van der Waals surface area contributed by atoms with Crippen molar-refractivity contribution in [3.05, 3.63) is 93.5 Å². The van der Waals surface area contributed by atoms with Crippen LogP contribution in [0.4, 0.5) is 0 Å². The number of carbonyl (C=O) groups is 8. The topological polar surface area (TPSA) is 744 Å². The van der Waals surface area contributed by atoms with Crippen LogP contribution in [0.3, 0.4) is 0 Å². The van der Waals surface area contributed by atoms with Crippen LogP contribution in [0, 0.1) is 0 Å². The molecule has 5 heterocycles. The van der Waals surface area contributed by atoms with E-state index in [-0.39, 0.29) is 18.2 Å². The summed E-state index contributed by atoms with van der Waals surface area (Å²) in [6.07, 6.45) is -27.6. The third kappa shape index (κ3) is 12.0. The van der Waals surface area contributed by atoms with E-state index in [1.165, 1.54) is 0 Å². The Hall–Kier alpha value is -15.4. The first-order valence-electron chi connectivity index (χ1n) is 31.2. The van der Waals surface area contributed by atoms with Crippen LogP contribution in [-0.2, 0) is 47.4 Å². The van der Waals surface area contributed by atoms with Gasteiger partial charge in [-0.3, -0.25) is 4.79 Å². The number of hydrogen-bond donors (Lipinski definition) is 25. The van der Waals surface area contributed by atoms with Crippen molar-refractivity contribution in [3.63, 3.8) is 0 Å². The maximum Gasteiger partial charge on any atom is 0.344 e. The molecular formula is C68H48O44. The number of aliphatic hydroxyl groups is 2. The van der Waals surface area contributed by atoms with Crippen LogP contribution < -0.4 is 9.47 Å². The average molecular weight is 1570 g/mol. The molecule has 5 aliphatic rings. The van der Waals surface area contributed by atoms with Gasteiger partial charge in [-0.2, -0.15) is 0 Å². The van der Waals surface area contributed by atoms with Gasteiger partial charge in [-0.05, 0) is 42.5 Å². The van der Waals surface area contributed by atoms with E-state index in [1.807, 2.05) is 0 Å². The first-order chi connectivity index (χ1) is 52.7. The van der Waals surface area contributed by atoms with Gasteiger partial charge in [0.25, 0.3) is 0 Å². The number of aromatic hydroxyl groups is 23. The van der Waals surface area contributed by atoms with Crippen LogP contribution in [0.1, 0.15) is 78.9 Å². The maximum absolute atomic E-state index is 15.1. The molecule has 0 radical (unpaired) electrons. The lowest BCUT2D eigenvalue weighted by Gasteiger charge is -2.44. The molecule has 25 N–H and O–H groups in total. The van der Waals surface area contributed by atoms with Crippen molar-refractivity contribution in [2.75, 3.05) is 6.61 Å². The number of rotatable bonds is 7. The number of esters is 8. The number of phenols is 23. The molecule has 0 saturated carbocycles. The second-order valence-corrected chi connectivity index (χ2v) is 24.6. The predicted molar refractivity (Wildman–Crippen MR) is 344 cm³/mol. The highest BCUT2D eigenvalue weighted by atomic mass is 16.8. The molecule has 112 heavy (non-hydrogen) atoms. The second kappa shape index (κ2) is 27.1. The summed E-state index contributed by atoms with van der Waals surface area (Å²) in [6.45, 7) is -1.29. The molecule has 0 spiro atoms. The van der Waals surface area contributed by atoms with E-state index in [0.717, 1.165) is 0 Å². The fourth-order valence-corrected chi connectivity index (χ4v) is 12.6. The highest BCUT2D eigenvalue weighted by Crippen LogP contribution is 2.59. The van der Waals surface area contributed by atoms with Gasteiger partial charge in [-0.15, -0.1) is 0 Å². The molecule has 0 aromatic heterocycles. The lowest BCUT2D eigenvalue weighted by Crippen LogP contribution is -2.62. The van der Waals surface area contributed by atoms with Crippen molar-refractivity contribution in [3.8, 4) is 183 Å². The number of phenolic OH excluding ortho intramolecular Hbond substituents is 23. The quantitative estimate of drug-likeness (QED) is 0.0469. The van der Waals surface area contributed by atoms with E-state index >= 15 is 4.79 Å². The molecule has 0 aliphatic carbocycles. The van der Waals surface area contributed by atoms with Crippen molar-refractivity contribution in [2.45, 2.75) is 67.8 Å². The standard InChI is InChI=1S/C68H48O44/c69-11-30-46(87)56-58(109-64(99)15-5-22(73)41(82)49(90)34(15)32-13(62(97)107-56)3-20(71)39(80)47(32)88)67(105-30)111-60(95)12-1-19(70)38(79)28(2-12)103-54-18(8-25(76)45(86)53(54)94)66(101)112-68-59-57(108-63(98)14-4-21(72)40(81)48(89)33(14)35-16(65(100)110-59)6-23(74)42(83)50(35)91)55-29(104-68)10-31(78)102-27-9-26(77)44(85)52(93)37(27)36-17(61(96)106-55)7-24(75)43(84)51(36)92/h1-9,29-30,46,55-59,67-77,79-94H,10-11H2. The largest absolute Gasteiger partial charge is 0.504 e. The Balaban J connectivity index is 0.897. The van der Waals surface area contributed by atoms with Gasteiger partial charge in [0.2, 0.25) is 76.5 Å². The Morgan fingerprint density at radius 1 is 0.357 bits per heavy atom. The van der Waals surface area contributed by atoms with Gasteiger partial charge in [0, 0.05) is 39.9 Å². The fraction of sp³-hybridized carbons (Fsp3) is 0.176. The highest BCUT2D eigenvalue weighted by Gasteiger charge is 2.58. The van der Waals surface area contributed by atoms with Crippen LogP contribution >= 0.6 is 0 Å². The van der Waals surface area contributed by atoms with Gasteiger partial charge in [0.05, 0.1) is 52.0 Å². The number of benzene rings is 8. The van der Waals surface area contributed by atoms with Crippen molar-refractivity contribution in [1.82, 2.24) is 0 Å². The normalized spacial score (nSPS) is 21.2. The van der Waals surface area contributed by atoms with Crippen LogP contribution in [0.2, 0.25) is 0 Å². The molecule has 2 saturated heterocycles. The smallest absolute Gasteiger partial charge is 0.344 e. The summed E-state index contributed by atoms with van der Waals surface area (Å²) in [6, 6.07) is 2.92. The monoisotopic (exact) mass is 1570 g/mol. The average Bonchev–Trinajstić information content (AvgIpc) is 0.927. The number of fused-ring (bicyclic) bond motifs is 13. The summed E-state index contributed by atoms with van der Waals surface area (Å²) in [5.74, 6) is -53.6. The van der Waals surface area contributed by atoms with Crippen molar-refractivity contribution < 1.29 is 218 Å². The molecule has 5 aliphatic heterocycles. The molecule has 0 amide bonds. The van der Waals surface area contributed by atoms with Gasteiger partial charge in [0.1, 0.15) is 29.6 Å². The molecule has 44 heteroatoms. The molecule has 584 valence electrons. The molecule has 44 nitrogen and oxygen atoms in total. The minimum Gasteiger partial charge on any atom is -0.504 e. The van der Waals surface area contributed by atoms with Crippen molar-refractivity contribution in [2.24, 2.45) is 0 Å². The van der Waals surface area contributed by atoms with Crippen LogP contribution in [0.25, 0.3) is 33.4 Å². The van der Waals surface area contributed by atoms with Gasteiger partial charge < -0.3 is 180 Å². The van der Waals surface area contributed by atoms with Crippen LogP contribution in [0.15, 0.2) is 54.6 Å². The molecule has 13 rings (SSSR count). The van der Waals surface area contributed by atoms with Crippen LogP contribution in [0.5, 0.6) is 149 Å². The molecule has 8 aromatic rings. The van der Waals surface area contributed by atoms with E-state index in [4.69, 9.17) is 52.1 Å². The molecule has 8 aromatic carbocycles. The zero-order valence-corrected chi connectivity index (χ0v) is 54.8. The van der Waals surface area contributed by atoms with Crippen LogP contribution in [-0.4, -0.2) is 243 Å². The van der Waals surface area contributed by atoms with Crippen molar-refractivity contribution >= 4 is 47.8 Å². The maximum atomic E-state index is 15.1. The SMILES string of the molecule is O=C1CC2OC(OC(=O)c3cc(O)c(O)c(O)c3Oc3cc(C(=O)OC4OC(CO)C(O)C5OC(=O)c6cc(O)c(O)c(O)c6-c6c(cc(O)c(O)c6O)C(=O)OC45)cc(O)c3O)C3OC(=O)c4cc(O)c(O)c(O)c4-c4c(cc(O)c(O)c4O)C(=O)OC3C2OC(=O)c2cc(O)c(O)c(O)c2-c2c(cc(O)c(O)c2O)O1. The summed E-state index contributed by atoms with van der Waals surface area (Å²) in [5, 5.41) is 273. The molecule has 10 atom stereocenters. The zero-order valence-electron chi connectivity index (χ0n) is 54.8. The first kappa shape index (κ1) is 74.8. The Kier molecular flexibility index (Phi) is 18.1. The van der Waals surface area contributed by atoms with E-state index < -0.39 is 344 Å². The third-order valence-electron chi connectivity index (χ3n) is 17.9. The van der Waals surface area contributed by atoms with Gasteiger partial charge in [0.15, 0.2) is 110 Å². The van der Waals surface area contributed by atoms with Gasteiger partial charge in [-0.1, -0.05) is 0 Å². The Morgan fingerprint density at radius 3 is 1.13 bits per heavy atom. The molecule has 0 bridgehead atoms. The lowest BCUT2D eigenvalue weighted by atomic mass is 9.90. The number of aliphatic hydroxyl groups excluding tert-OH is 2. The Morgan fingerprint density at radius 2 is 0.696 bits per heavy atom. The van der Waals surface area contributed by atoms with E-state index in [1.54, 1.807) is 0 Å². The van der Waals surface area contributed by atoms with Gasteiger partial charge >= 0.3 is 47.8 Å². The molecule has 2 fully saturated rings. The second-order valence-electron chi connectivity index (χ2n) is 24.6.